The van der Waals surface area contributed by atoms with Crippen molar-refractivity contribution >= 4 is 24.3 Å². The Labute approximate surface area is 253 Å². The lowest BCUT2D eigenvalue weighted by atomic mass is 9.98. The first-order valence-corrected chi connectivity index (χ1v) is 15.8. The number of hydrogen-bond donors (Lipinski definition) is 0. The molecule has 4 rings (SSSR count). The maximum Gasteiger partial charge on any atom is 0.127 e. The molecule has 0 amide bonds. The van der Waals surface area contributed by atoms with Gasteiger partial charge in [-0.2, -0.15) is 0 Å². The fourth-order valence-electron chi connectivity index (χ4n) is 4.91. The second-order valence-corrected chi connectivity index (χ2v) is 10.8. The van der Waals surface area contributed by atoms with Crippen LogP contribution in [0.1, 0.15) is 87.5 Å². The van der Waals surface area contributed by atoms with E-state index in [1.165, 1.54) is 49.7 Å². The maximum atomic E-state index is 6.44. The van der Waals surface area contributed by atoms with Gasteiger partial charge in [0.2, 0.25) is 0 Å². The van der Waals surface area contributed by atoms with Gasteiger partial charge in [-0.25, -0.2) is 0 Å². The minimum absolute atomic E-state index is 0.715. The molecule has 2 heteroatoms. The predicted octanol–water partition coefficient (Wildman–Crippen LogP) is 11.6. The Morgan fingerprint density at radius 3 is 1.24 bits per heavy atom. The largest absolute Gasteiger partial charge is 0.493 e. The molecule has 0 aliphatic rings. The van der Waals surface area contributed by atoms with Crippen LogP contribution in [0.2, 0.25) is 0 Å². The highest BCUT2D eigenvalue weighted by molar-refractivity contribution is 5.82. The zero-order chi connectivity index (χ0) is 29.2. The van der Waals surface area contributed by atoms with Gasteiger partial charge in [-0.05, 0) is 59.4 Å². The van der Waals surface area contributed by atoms with Gasteiger partial charge in [-0.15, -0.1) is 0 Å². The highest BCUT2D eigenvalue weighted by atomic mass is 16.5. The lowest BCUT2D eigenvalue weighted by Gasteiger charge is -2.17. The Morgan fingerprint density at radius 2 is 0.833 bits per heavy atom. The summed E-state index contributed by atoms with van der Waals surface area (Å²) in [6.07, 6.45) is 18.1. The number of ether oxygens (including phenoxy) is 2. The summed E-state index contributed by atoms with van der Waals surface area (Å²) in [7, 11) is 0. The molecule has 0 unspecified atom stereocenters. The first-order valence-electron chi connectivity index (χ1n) is 15.8. The van der Waals surface area contributed by atoms with Gasteiger partial charge in [-0.3, -0.25) is 0 Å². The van der Waals surface area contributed by atoms with Gasteiger partial charge >= 0.3 is 0 Å². The molecular formula is C40H46O2. The third-order valence-electron chi connectivity index (χ3n) is 7.34. The first-order chi connectivity index (χ1) is 20.8. The van der Waals surface area contributed by atoms with Gasteiger partial charge < -0.3 is 9.47 Å². The van der Waals surface area contributed by atoms with Crippen molar-refractivity contribution < 1.29 is 9.47 Å². The Bertz CT molecular complexity index is 1280. The molecule has 218 valence electrons. The minimum atomic E-state index is 0.715. The van der Waals surface area contributed by atoms with E-state index in [1.807, 2.05) is 12.1 Å². The van der Waals surface area contributed by atoms with Gasteiger partial charge in [-0.1, -0.05) is 149 Å². The second-order valence-electron chi connectivity index (χ2n) is 10.8. The summed E-state index contributed by atoms with van der Waals surface area (Å²) >= 11 is 0. The summed E-state index contributed by atoms with van der Waals surface area (Å²) < 4.78 is 12.9. The van der Waals surface area contributed by atoms with Crippen molar-refractivity contribution in [2.75, 3.05) is 13.2 Å². The normalized spacial score (nSPS) is 11.4. The summed E-state index contributed by atoms with van der Waals surface area (Å²) in [5.74, 6) is 1.81. The van der Waals surface area contributed by atoms with Gasteiger partial charge in [0.15, 0.2) is 0 Å². The molecule has 0 aromatic heterocycles. The summed E-state index contributed by atoms with van der Waals surface area (Å²) in [6.45, 7) is 5.91. The number of hydrogen-bond acceptors (Lipinski definition) is 2. The summed E-state index contributed by atoms with van der Waals surface area (Å²) in [5.41, 5.74) is 6.76. The van der Waals surface area contributed by atoms with Crippen LogP contribution in [0.15, 0.2) is 97.1 Å². The van der Waals surface area contributed by atoms with Crippen molar-refractivity contribution in [3.63, 3.8) is 0 Å². The van der Waals surface area contributed by atoms with Gasteiger partial charge in [0.1, 0.15) is 11.5 Å². The van der Waals surface area contributed by atoms with E-state index in [0.29, 0.717) is 13.2 Å². The van der Waals surface area contributed by atoms with Crippen molar-refractivity contribution in [2.24, 2.45) is 0 Å². The summed E-state index contributed by atoms with van der Waals surface area (Å²) in [6, 6.07) is 33.9. The molecule has 0 saturated carbocycles. The molecule has 0 saturated heterocycles. The number of rotatable bonds is 17. The zero-order valence-electron chi connectivity index (χ0n) is 25.4. The van der Waals surface area contributed by atoms with Crippen molar-refractivity contribution in [3.8, 4) is 22.6 Å². The van der Waals surface area contributed by atoms with Gasteiger partial charge in [0, 0.05) is 11.1 Å². The van der Waals surface area contributed by atoms with E-state index in [1.54, 1.807) is 0 Å². The van der Waals surface area contributed by atoms with Crippen LogP contribution in [0.25, 0.3) is 35.4 Å². The molecule has 0 spiro atoms. The van der Waals surface area contributed by atoms with E-state index in [0.717, 1.165) is 46.6 Å². The van der Waals surface area contributed by atoms with Crippen LogP contribution < -0.4 is 9.47 Å². The van der Waals surface area contributed by atoms with Crippen LogP contribution in [0.5, 0.6) is 11.5 Å². The number of unbranched alkanes of at least 4 members (excludes halogenated alkanes) is 6. The van der Waals surface area contributed by atoms with E-state index in [9.17, 15) is 0 Å². The first kappa shape index (κ1) is 30.9. The van der Waals surface area contributed by atoms with Crippen molar-refractivity contribution in [2.45, 2.75) is 65.2 Å². The molecule has 0 atom stereocenters. The Kier molecular flexibility index (Phi) is 13.0. The molecule has 2 nitrogen and oxygen atoms in total. The minimum Gasteiger partial charge on any atom is -0.493 e. The molecule has 0 N–H and O–H groups in total. The van der Waals surface area contributed by atoms with E-state index in [-0.39, 0.29) is 0 Å². The summed E-state index contributed by atoms with van der Waals surface area (Å²) in [5, 5.41) is 0. The average molecular weight is 559 g/mol. The SMILES string of the molecule is CCCCCCOc1ccc(/C=C/c2ccccc2)cc1-c1cc(/C=C/c2ccccc2)ccc1OCCCCCC. The Balaban J connectivity index is 1.69. The van der Waals surface area contributed by atoms with Crippen LogP contribution >= 0.6 is 0 Å². The highest BCUT2D eigenvalue weighted by Crippen LogP contribution is 2.39. The maximum absolute atomic E-state index is 6.44. The molecule has 0 aliphatic carbocycles. The fourth-order valence-corrected chi connectivity index (χ4v) is 4.91. The molecule has 0 fully saturated rings. The van der Waals surface area contributed by atoms with Crippen molar-refractivity contribution in [1.29, 1.82) is 0 Å². The molecule has 4 aromatic carbocycles. The summed E-state index contributed by atoms with van der Waals surface area (Å²) in [4.78, 5) is 0. The topological polar surface area (TPSA) is 18.5 Å². The smallest absolute Gasteiger partial charge is 0.127 e. The quantitative estimate of drug-likeness (QED) is 0.0948. The van der Waals surface area contributed by atoms with Crippen LogP contribution in [0, 0.1) is 0 Å². The monoisotopic (exact) mass is 558 g/mol. The van der Waals surface area contributed by atoms with Crippen LogP contribution in [0.4, 0.5) is 0 Å². The average Bonchev–Trinajstić information content (AvgIpc) is 3.04. The van der Waals surface area contributed by atoms with Crippen LogP contribution in [-0.2, 0) is 0 Å². The lowest BCUT2D eigenvalue weighted by molar-refractivity contribution is 0.302. The molecule has 0 radical (unpaired) electrons. The van der Waals surface area contributed by atoms with E-state index < -0.39 is 0 Å². The molecule has 0 aliphatic heterocycles. The van der Waals surface area contributed by atoms with Gasteiger partial charge in [0.25, 0.3) is 0 Å². The van der Waals surface area contributed by atoms with Crippen molar-refractivity contribution in [1.82, 2.24) is 0 Å². The van der Waals surface area contributed by atoms with E-state index in [2.05, 4.69) is 123 Å². The number of benzene rings is 4. The third kappa shape index (κ3) is 10.1. The van der Waals surface area contributed by atoms with Crippen LogP contribution in [-0.4, -0.2) is 13.2 Å². The Hall–Kier alpha value is -4.04. The second kappa shape index (κ2) is 17.7. The van der Waals surface area contributed by atoms with Crippen molar-refractivity contribution in [3.05, 3.63) is 119 Å². The molecule has 0 bridgehead atoms. The highest BCUT2D eigenvalue weighted by Gasteiger charge is 2.14. The fraction of sp³-hybridized carbons (Fsp3) is 0.300. The predicted molar refractivity (Wildman–Crippen MR) is 182 cm³/mol. The molecule has 42 heavy (non-hydrogen) atoms. The van der Waals surface area contributed by atoms with E-state index in [4.69, 9.17) is 9.47 Å². The van der Waals surface area contributed by atoms with Gasteiger partial charge in [0.05, 0.1) is 13.2 Å². The molecule has 0 heterocycles. The Morgan fingerprint density at radius 1 is 0.429 bits per heavy atom. The van der Waals surface area contributed by atoms with Crippen LogP contribution in [0.3, 0.4) is 0 Å². The molecular weight excluding hydrogens is 512 g/mol. The standard InChI is InChI=1S/C40H46O2/c1-3-5-7-15-29-41-39-27-25-35(23-21-33-17-11-9-12-18-33)31-37(39)38-32-36(24-22-34-19-13-10-14-20-34)26-28-40(38)42-30-16-8-6-4-2/h9-14,17-28,31-32H,3-8,15-16,29-30H2,1-2H3/b23-21+,24-22+. The van der Waals surface area contributed by atoms with E-state index >= 15 is 0 Å². The zero-order valence-corrected chi connectivity index (χ0v) is 25.4. The lowest BCUT2D eigenvalue weighted by Crippen LogP contribution is -2.02. The molecule has 4 aromatic rings. The third-order valence-corrected chi connectivity index (χ3v) is 7.34.